The first-order chi connectivity index (χ1) is 14.3. The highest BCUT2D eigenvalue weighted by Crippen LogP contribution is 2.25. The lowest BCUT2D eigenvalue weighted by molar-refractivity contribution is -0.120. The molecule has 3 aromatic rings. The van der Waals surface area contributed by atoms with E-state index in [1.165, 1.54) is 23.9 Å². The molecule has 2 aromatic carbocycles. The minimum absolute atomic E-state index is 0.145. The van der Waals surface area contributed by atoms with Crippen LogP contribution in [-0.2, 0) is 11.3 Å². The van der Waals surface area contributed by atoms with Gasteiger partial charge in [-0.3, -0.25) is 14.2 Å². The van der Waals surface area contributed by atoms with E-state index in [4.69, 9.17) is 11.6 Å². The number of nitrogens with one attached hydrogen (secondary N) is 1. The van der Waals surface area contributed by atoms with E-state index in [9.17, 15) is 14.0 Å². The van der Waals surface area contributed by atoms with Crippen molar-refractivity contribution in [1.29, 1.82) is 0 Å². The first-order valence-corrected chi connectivity index (χ1v) is 11.0. The SMILES string of the molecule is CCCn1c(S[C@@H](C)C(=O)N[C@@H](C)c2ccc(F)cc2)nc2cc(Cl)ccc2c1=O. The molecule has 0 aliphatic carbocycles. The number of thioether (sulfide) groups is 1. The van der Waals surface area contributed by atoms with E-state index < -0.39 is 5.25 Å². The van der Waals surface area contributed by atoms with Crippen molar-refractivity contribution in [2.45, 2.75) is 50.2 Å². The summed E-state index contributed by atoms with van der Waals surface area (Å²) in [5, 5.41) is 3.92. The van der Waals surface area contributed by atoms with Crippen LogP contribution in [0.2, 0.25) is 5.02 Å². The second-order valence-electron chi connectivity index (χ2n) is 7.05. The summed E-state index contributed by atoms with van der Waals surface area (Å²) in [6.07, 6.45) is 0.760. The zero-order valence-electron chi connectivity index (χ0n) is 17.0. The molecule has 0 unspecified atom stereocenters. The summed E-state index contributed by atoms with van der Waals surface area (Å²) in [4.78, 5) is 30.3. The van der Waals surface area contributed by atoms with Gasteiger partial charge in [0.25, 0.3) is 5.56 Å². The van der Waals surface area contributed by atoms with E-state index in [2.05, 4.69) is 10.3 Å². The highest BCUT2D eigenvalue weighted by molar-refractivity contribution is 8.00. The van der Waals surface area contributed by atoms with Gasteiger partial charge < -0.3 is 5.32 Å². The van der Waals surface area contributed by atoms with Crippen LogP contribution in [0.1, 0.15) is 38.8 Å². The summed E-state index contributed by atoms with van der Waals surface area (Å²) in [5.74, 6) is -0.516. The van der Waals surface area contributed by atoms with Crippen molar-refractivity contribution in [2.24, 2.45) is 0 Å². The summed E-state index contributed by atoms with van der Waals surface area (Å²) >= 11 is 7.29. The third-order valence-electron chi connectivity index (χ3n) is 4.71. The average molecular weight is 448 g/mol. The maximum absolute atomic E-state index is 13.1. The predicted octanol–water partition coefficient (Wildman–Crippen LogP) is 4.96. The molecule has 2 atom stereocenters. The number of fused-ring (bicyclic) bond motifs is 1. The van der Waals surface area contributed by atoms with Gasteiger partial charge in [0, 0.05) is 11.6 Å². The summed E-state index contributed by atoms with van der Waals surface area (Å²) in [5.41, 5.74) is 1.17. The number of hydrogen-bond donors (Lipinski definition) is 1. The highest BCUT2D eigenvalue weighted by atomic mass is 35.5. The van der Waals surface area contributed by atoms with Gasteiger partial charge >= 0.3 is 0 Å². The fraction of sp³-hybridized carbons (Fsp3) is 0.318. The molecule has 0 saturated carbocycles. The quantitative estimate of drug-likeness (QED) is 0.411. The number of carbonyl (C=O) groups excluding carboxylic acids is 1. The number of amides is 1. The van der Waals surface area contributed by atoms with E-state index in [1.807, 2.05) is 13.8 Å². The van der Waals surface area contributed by atoms with Crippen LogP contribution in [0.15, 0.2) is 52.4 Å². The van der Waals surface area contributed by atoms with E-state index in [0.717, 1.165) is 12.0 Å². The van der Waals surface area contributed by atoms with Crippen LogP contribution in [-0.4, -0.2) is 20.7 Å². The molecule has 0 aliphatic rings. The fourth-order valence-corrected chi connectivity index (χ4v) is 4.17. The smallest absolute Gasteiger partial charge is 0.262 e. The fourth-order valence-electron chi connectivity index (χ4n) is 3.06. The number of nitrogens with zero attached hydrogens (tertiary/aromatic N) is 2. The van der Waals surface area contributed by atoms with E-state index >= 15 is 0 Å². The minimum atomic E-state index is -0.487. The van der Waals surface area contributed by atoms with Crippen molar-refractivity contribution in [2.75, 3.05) is 0 Å². The third-order valence-corrected chi connectivity index (χ3v) is 6.03. The van der Waals surface area contributed by atoms with Crippen LogP contribution >= 0.6 is 23.4 Å². The average Bonchev–Trinajstić information content (AvgIpc) is 2.71. The molecule has 0 saturated heterocycles. The normalized spacial score (nSPS) is 13.2. The molecule has 0 fully saturated rings. The Balaban J connectivity index is 1.83. The molecule has 1 amide bonds. The summed E-state index contributed by atoms with van der Waals surface area (Å²) < 4.78 is 14.7. The molecule has 8 heteroatoms. The molecule has 0 aliphatic heterocycles. The second kappa shape index (κ2) is 9.62. The van der Waals surface area contributed by atoms with Gasteiger partial charge in [0.1, 0.15) is 5.82 Å². The van der Waals surface area contributed by atoms with Crippen LogP contribution in [0.3, 0.4) is 0 Å². The number of aromatic nitrogens is 2. The number of benzene rings is 2. The van der Waals surface area contributed by atoms with Crippen molar-refractivity contribution >= 4 is 40.2 Å². The summed E-state index contributed by atoms with van der Waals surface area (Å²) in [6.45, 7) is 6.09. The molecule has 0 bridgehead atoms. The second-order valence-corrected chi connectivity index (χ2v) is 8.80. The standard InChI is InChI=1S/C22H23ClFN3O2S/c1-4-11-27-21(29)18-10-7-16(23)12-19(18)26-22(27)30-14(3)20(28)25-13(2)15-5-8-17(24)9-6-15/h5-10,12-14H,4,11H2,1-3H3,(H,25,28)/t13-,14-/m0/s1. The Kier molecular flexibility index (Phi) is 7.15. The first-order valence-electron chi connectivity index (χ1n) is 9.72. The molecule has 158 valence electrons. The summed E-state index contributed by atoms with van der Waals surface area (Å²) in [7, 11) is 0. The molecular weight excluding hydrogens is 425 g/mol. The molecule has 3 rings (SSSR count). The number of hydrogen-bond acceptors (Lipinski definition) is 4. The maximum atomic E-state index is 13.1. The molecule has 1 heterocycles. The molecule has 0 radical (unpaired) electrons. The topological polar surface area (TPSA) is 64.0 Å². The highest BCUT2D eigenvalue weighted by Gasteiger charge is 2.21. The number of halogens is 2. The van der Waals surface area contributed by atoms with Crippen LogP contribution in [0.5, 0.6) is 0 Å². The van der Waals surface area contributed by atoms with Gasteiger partial charge in [-0.05, 0) is 56.2 Å². The van der Waals surface area contributed by atoms with E-state index in [0.29, 0.717) is 27.6 Å². The van der Waals surface area contributed by atoms with Crippen molar-refractivity contribution < 1.29 is 9.18 Å². The third kappa shape index (κ3) is 5.02. The van der Waals surface area contributed by atoms with Gasteiger partial charge in [0.2, 0.25) is 5.91 Å². The van der Waals surface area contributed by atoms with E-state index in [-0.39, 0.29) is 23.3 Å². The Bertz CT molecular complexity index is 1120. The van der Waals surface area contributed by atoms with Gasteiger partial charge in [0.15, 0.2) is 5.16 Å². The molecular formula is C22H23ClFN3O2S. The lowest BCUT2D eigenvalue weighted by atomic mass is 10.1. The van der Waals surface area contributed by atoms with Gasteiger partial charge in [0.05, 0.1) is 22.2 Å². The van der Waals surface area contributed by atoms with Crippen LogP contribution < -0.4 is 10.9 Å². The lowest BCUT2D eigenvalue weighted by Gasteiger charge is -2.19. The lowest BCUT2D eigenvalue weighted by Crippen LogP contribution is -2.34. The van der Waals surface area contributed by atoms with Crippen molar-refractivity contribution in [1.82, 2.24) is 14.9 Å². The summed E-state index contributed by atoms with van der Waals surface area (Å²) in [6, 6.07) is 10.7. The van der Waals surface area contributed by atoms with Gasteiger partial charge in [-0.2, -0.15) is 0 Å². The monoisotopic (exact) mass is 447 g/mol. The van der Waals surface area contributed by atoms with Crippen LogP contribution in [0.4, 0.5) is 4.39 Å². The predicted molar refractivity (Wildman–Crippen MR) is 120 cm³/mol. The maximum Gasteiger partial charge on any atom is 0.262 e. The van der Waals surface area contributed by atoms with Gasteiger partial charge in [-0.15, -0.1) is 0 Å². The minimum Gasteiger partial charge on any atom is -0.349 e. The van der Waals surface area contributed by atoms with Crippen LogP contribution in [0, 0.1) is 5.82 Å². The number of rotatable bonds is 7. The molecule has 1 N–H and O–H groups in total. The molecule has 5 nitrogen and oxygen atoms in total. The van der Waals surface area contributed by atoms with Crippen molar-refractivity contribution in [3.05, 3.63) is 69.2 Å². The largest absolute Gasteiger partial charge is 0.349 e. The zero-order valence-corrected chi connectivity index (χ0v) is 18.6. The Morgan fingerprint density at radius 2 is 1.93 bits per heavy atom. The Labute approximate surface area is 183 Å². The molecule has 1 aromatic heterocycles. The van der Waals surface area contributed by atoms with Gasteiger partial charge in [-0.25, -0.2) is 9.37 Å². The molecule has 0 spiro atoms. The first kappa shape index (κ1) is 22.3. The zero-order chi connectivity index (χ0) is 21.8. The van der Waals surface area contributed by atoms with Crippen molar-refractivity contribution in [3.63, 3.8) is 0 Å². The number of carbonyl (C=O) groups is 1. The Morgan fingerprint density at radius 1 is 1.23 bits per heavy atom. The van der Waals surface area contributed by atoms with Crippen LogP contribution in [0.25, 0.3) is 10.9 Å². The van der Waals surface area contributed by atoms with E-state index in [1.54, 1.807) is 41.8 Å². The molecule has 30 heavy (non-hydrogen) atoms. The van der Waals surface area contributed by atoms with Gasteiger partial charge in [-0.1, -0.05) is 42.4 Å². The Hall–Kier alpha value is -2.38. The Morgan fingerprint density at radius 3 is 2.60 bits per heavy atom. The van der Waals surface area contributed by atoms with Crippen molar-refractivity contribution in [3.8, 4) is 0 Å².